The molecule has 0 radical (unpaired) electrons. The number of esters is 1. The minimum absolute atomic E-state index is 0.374. The molecule has 146 valence electrons. The van der Waals surface area contributed by atoms with E-state index in [-0.39, 0.29) is 5.97 Å². The number of fused-ring (bicyclic) bond motifs is 1. The maximum absolute atomic E-state index is 11.6. The van der Waals surface area contributed by atoms with E-state index >= 15 is 0 Å². The second-order valence-electron chi connectivity index (χ2n) is 6.85. The van der Waals surface area contributed by atoms with Crippen molar-refractivity contribution < 1.29 is 14.6 Å². The third-order valence-corrected chi connectivity index (χ3v) is 4.72. The molecular formula is C23H21N3O3. The van der Waals surface area contributed by atoms with Crippen molar-refractivity contribution in [3.8, 4) is 11.4 Å². The molecule has 0 spiro atoms. The van der Waals surface area contributed by atoms with Gasteiger partial charge in [-0.05, 0) is 48.9 Å². The van der Waals surface area contributed by atoms with Gasteiger partial charge in [0, 0.05) is 16.8 Å². The Balaban J connectivity index is 1.58. The Kier molecular flexibility index (Phi) is 5.01. The van der Waals surface area contributed by atoms with Crippen LogP contribution in [0.15, 0.2) is 66.7 Å². The van der Waals surface area contributed by atoms with Crippen LogP contribution in [-0.4, -0.2) is 28.2 Å². The summed E-state index contributed by atoms with van der Waals surface area (Å²) in [5, 5.41) is 13.7. The van der Waals surface area contributed by atoms with E-state index in [1.54, 1.807) is 12.1 Å². The van der Waals surface area contributed by atoms with Crippen LogP contribution in [0.5, 0.6) is 0 Å². The van der Waals surface area contributed by atoms with Crippen LogP contribution in [0.3, 0.4) is 0 Å². The number of rotatable bonds is 5. The first-order valence-corrected chi connectivity index (χ1v) is 9.23. The Morgan fingerprint density at radius 2 is 1.90 bits per heavy atom. The molecule has 0 saturated heterocycles. The van der Waals surface area contributed by atoms with Crippen molar-refractivity contribution in [1.82, 2.24) is 9.97 Å². The lowest BCUT2D eigenvalue weighted by Crippen LogP contribution is -2.09. The molecule has 1 atom stereocenters. The van der Waals surface area contributed by atoms with Crippen molar-refractivity contribution in [2.45, 2.75) is 13.2 Å². The van der Waals surface area contributed by atoms with Gasteiger partial charge in [-0.15, -0.1) is 0 Å². The van der Waals surface area contributed by atoms with Gasteiger partial charge in [0.05, 0.1) is 23.7 Å². The number of aromatic nitrogens is 2. The first-order chi connectivity index (χ1) is 14.0. The zero-order valence-electron chi connectivity index (χ0n) is 16.1. The smallest absolute Gasteiger partial charge is 0.337 e. The molecule has 1 unspecified atom stereocenters. The number of aryl methyl sites for hydroxylation is 1. The SMILES string of the molecule is COC(=O)c1ccc(-c2nc3ccc(C(O)Nc4cccc(C)c4)cc3[nH]2)cc1. The molecule has 0 bridgehead atoms. The number of carbonyl (C=O) groups excluding carboxylic acids is 1. The summed E-state index contributed by atoms with van der Waals surface area (Å²) in [6.07, 6.45) is -0.840. The largest absolute Gasteiger partial charge is 0.465 e. The number of anilines is 1. The molecule has 3 N–H and O–H groups in total. The van der Waals surface area contributed by atoms with Crippen LogP contribution in [-0.2, 0) is 4.74 Å². The first-order valence-electron chi connectivity index (χ1n) is 9.23. The van der Waals surface area contributed by atoms with Crippen molar-refractivity contribution in [3.63, 3.8) is 0 Å². The number of carbonyl (C=O) groups is 1. The fraction of sp³-hybridized carbons (Fsp3) is 0.130. The van der Waals surface area contributed by atoms with E-state index in [0.29, 0.717) is 11.4 Å². The van der Waals surface area contributed by atoms with Crippen molar-refractivity contribution in [2.24, 2.45) is 0 Å². The molecule has 4 aromatic rings. The Morgan fingerprint density at radius 3 is 2.62 bits per heavy atom. The Bertz CT molecular complexity index is 1170. The van der Waals surface area contributed by atoms with E-state index in [2.05, 4.69) is 15.3 Å². The maximum Gasteiger partial charge on any atom is 0.337 e. The van der Waals surface area contributed by atoms with E-state index in [1.807, 2.05) is 61.5 Å². The van der Waals surface area contributed by atoms with E-state index in [9.17, 15) is 9.90 Å². The topological polar surface area (TPSA) is 87.2 Å². The Hall–Kier alpha value is -3.64. The highest BCUT2D eigenvalue weighted by atomic mass is 16.5. The number of nitrogens with zero attached hydrogens (tertiary/aromatic N) is 1. The zero-order valence-corrected chi connectivity index (χ0v) is 16.1. The quantitative estimate of drug-likeness (QED) is 0.348. The van der Waals surface area contributed by atoms with Gasteiger partial charge in [-0.25, -0.2) is 9.78 Å². The van der Waals surface area contributed by atoms with Gasteiger partial charge in [0.25, 0.3) is 0 Å². The molecule has 0 aliphatic carbocycles. The number of aliphatic hydroxyl groups is 1. The average Bonchev–Trinajstić information content (AvgIpc) is 3.16. The van der Waals surface area contributed by atoms with Gasteiger partial charge in [-0.3, -0.25) is 0 Å². The molecule has 0 aliphatic heterocycles. The summed E-state index contributed by atoms with van der Waals surface area (Å²) in [5.74, 6) is 0.315. The average molecular weight is 387 g/mol. The number of aliphatic hydroxyl groups excluding tert-OH is 1. The van der Waals surface area contributed by atoms with Gasteiger partial charge in [-0.1, -0.05) is 30.3 Å². The van der Waals surface area contributed by atoms with Crippen LogP contribution in [0.1, 0.15) is 27.7 Å². The first kappa shape index (κ1) is 18.7. The van der Waals surface area contributed by atoms with Gasteiger partial charge < -0.3 is 20.1 Å². The van der Waals surface area contributed by atoms with Gasteiger partial charge in [-0.2, -0.15) is 0 Å². The Labute approximate surface area is 168 Å². The summed E-state index contributed by atoms with van der Waals surface area (Å²) in [6, 6.07) is 20.5. The molecule has 0 saturated carbocycles. The number of hydrogen-bond donors (Lipinski definition) is 3. The molecule has 29 heavy (non-hydrogen) atoms. The monoisotopic (exact) mass is 387 g/mol. The number of imidazole rings is 1. The zero-order chi connectivity index (χ0) is 20.4. The van der Waals surface area contributed by atoms with Crippen LogP contribution in [0.4, 0.5) is 5.69 Å². The van der Waals surface area contributed by atoms with E-state index in [4.69, 9.17) is 4.74 Å². The van der Waals surface area contributed by atoms with E-state index in [0.717, 1.165) is 33.4 Å². The van der Waals surface area contributed by atoms with Crippen LogP contribution < -0.4 is 5.32 Å². The lowest BCUT2D eigenvalue weighted by Gasteiger charge is -2.15. The van der Waals surface area contributed by atoms with Gasteiger partial charge >= 0.3 is 5.97 Å². The fourth-order valence-electron chi connectivity index (χ4n) is 3.19. The number of methoxy groups -OCH3 is 1. The molecular weight excluding hydrogens is 366 g/mol. The molecule has 1 heterocycles. The molecule has 1 aromatic heterocycles. The summed E-state index contributed by atoms with van der Waals surface area (Å²) >= 11 is 0. The second kappa shape index (κ2) is 7.77. The highest BCUT2D eigenvalue weighted by Crippen LogP contribution is 2.25. The van der Waals surface area contributed by atoms with Crippen molar-refractivity contribution in [3.05, 3.63) is 83.4 Å². The predicted octanol–water partition coefficient (Wildman–Crippen LogP) is 4.43. The van der Waals surface area contributed by atoms with Crippen LogP contribution in [0.25, 0.3) is 22.4 Å². The van der Waals surface area contributed by atoms with Gasteiger partial charge in [0.15, 0.2) is 6.23 Å². The third-order valence-electron chi connectivity index (χ3n) is 4.72. The number of H-pyrrole nitrogens is 1. The summed E-state index contributed by atoms with van der Waals surface area (Å²) in [6.45, 7) is 2.01. The number of hydrogen-bond acceptors (Lipinski definition) is 5. The molecule has 4 rings (SSSR count). The Morgan fingerprint density at radius 1 is 1.10 bits per heavy atom. The fourth-order valence-corrected chi connectivity index (χ4v) is 3.19. The van der Waals surface area contributed by atoms with E-state index < -0.39 is 6.23 Å². The number of nitrogens with one attached hydrogen (secondary N) is 2. The highest BCUT2D eigenvalue weighted by molar-refractivity contribution is 5.90. The minimum atomic E-state index is -0.840. The summed E-state index contributed by atoms with van der Waals surface area (Å²) < 4.78 is 4.72. The molecule has 3 aromatic carbocycles. The lowest BCUT2D eigenvalue weighted by atomic mass is 10.1. The molecule has 0 aliphatic rings. The predicted molar refractivity (Wildman–Crippen MR) is 113 cm³/mol. The van der Waals surface area contributed by atoms with E-state index in [1.165, 1.54) is 7.11 Å². The highest BCUT2D eigenvalue weighted by Gasteiger charge is 2.12. The molecule has 6 nitrogen and oxygen atoms in total. The van der Waals surface area contributed by atoms with Crippen molar-refractivity contribution in [2.75, 3.05) is 12.4 Å². The summed E-state index contributed by atoms with van der Waals surface area (Å²) in [5.41, 5.74) is 5.66. The van der Waals surface area contributed by atoms with Crippen LogP contribution in [0.2, 0.25) is 0 Å². The lowest BCUT2D eigenvalue weighted by molar-refractivity contribution is 0.0600. The molecule has 0 fully saturated rings. The van der Waals surface area contributed by atoms with Crippen molar-refractivity contribution in [1.29, 1.82) is 0 Å². The summed E-state index contributed by atoms with van der Waals surface area (Å²) in [7, 11) is 1.36. The standard InChI is InChI=1S/C23H21N3O3/c1-14-4-3-5-18(12-14)24-22(27)17-10-11-19-20(13-17)26-21(25-19)15-6-8-16(9-7-15)23(28)29-2/h3-13,22,24,27H,1-2H3,(H,25,26). The maximum atomic E-state index is 11.6. The number of ether oxygens (including phenoxy) is 1. The molecule has 0 amide bonds. The number of aromatic amines is 1. The normalized spacial score (nSPS) is 12.0. The third kappa shape index (κ3) is 3.97. The van der Waals surface area contributed by atoms with Gasteiger partial charge in [0.2, 0.25) is 0 Å². The second-order valence-corrected chi connectivity index (χ2v) is 6.85. The summed E-state index contributed by atoms with van der Waals surface area (Å²) in [4.78, 5) is 19.5. The van der Waals surface area contributed by atoms with Gasteiger partial charge in [0.1, 0.15) is 5.82 Å². The van der Waals surface area contributed by atoms with Crippen molar-refractivity contribution >= 4 is 22.7 Å². The number of benzene rings is 3. The van der Waals surface area contributed by atoms with Crippen LogP contribution >= 0.6 is 0 Å². The minimum Gasteiger partial charge on any atom is -0.465 e. The van der Waals surface area contributed by atoms with Crippen LogP contribution in [0, 0.1) is 6.92 Å². The molecule has 6 heteroatoms.